The third kappa shape index (κ3) is 2.99. The molecule has 0 aromatic heterocycles. The Bertz CT molecular complexity index is 399. The van der Waals surface area contributed by atoms with Gasteiger partial charge in [0, 0.05) is 5.69 Å². The zero-order valence-corrected chi connectivity index (χ0v) is 10.4. The van der Waals surface area contributed by atoms with E-state index in [-0.39, 0.29) is 12.0 Å². The highest BCUT2D eigenvalue weighted by Gasteiger charge is 2.36. The minimum Gasteiger partial charge on any atom is -0.467 e. The minimum absolute atomic E-state index is 0.158. The van der Waals surface area contributed by atoms with Crippen molar-refractivity contribution in [2.24, 2.45) is 5.92 Å². The molecule has 0 radical (unpaired) electrons. The van der Waals surface area contributed by atoms with E-state index < -0.39 is 0 Å². The van der Waals surface area contributed by atoms with E-state index in [4.69, 9.17) is 4.74 Å². The highest BCUT2D eigenvalue weighted by atomic mass is 16.5. The van der Waals surface area contributed by atoms with E-state index in [0.717, 1.165) is 24.9 Å². The molecule has 92 valence electrons. The molecule has 1 aromatic carbocycles. The highest BCUT2D eigenvalue weighted by Crippen LogP contribution is 2.34. The number of esters is 1. The third-order valence-corrected chi connectivity index (χ3v) is 3.21. The van der Waals surface area contributed by atoms with Gasteiger partial charge in [-0.2, -0.15) is 0 Å². The normalized spacial score (nSPS) is 16.4. The molecule has 0 spiro atoms. The van der Waals surface area contributed by atoms with Gasteiger partial charge < -0.3 is 10.1 Å². The number of rotatable bonds is 5. The number of hydrogen-bond acceptors (Lipinski definition) is 3. The van der Waals surface area contributed by atoms with Crippen LogP contribution in [0.15, 0.2) is 24.3 Å². The molecule has 2 rings (SSSR count). The fraction of sp³-hybridized carbons (Fsp3) is 0.500. The molecule has 3 nitrogen and oxygen atoms in total. The molecule has 1 aliphatic rings. The first-order valence-corrected chi connectivity index (χ1v) is 6.18. The Hall–Kier alpha value is -1.51. The standard InChI is InChI=1S/C14H19NO2/c1-3-10-5-4-6-12(9-10)15-13(11-7-8-11)14(16)17-2/h4-6,9,11,13,15H,3,7-8H2,1-2H3. The molecule has 17 heavy (non-hydrogen) atoms. The molecule has 1 N–H and O–H groups in total. The van der Waals surface area contributed by atoms with Crippen LogP contribution in [-0.2, 0) is 16.0 Å². The smallest absolute Gasteiger partial charge is 0.328 e. The van der Waals surface area contributed by atoms with Gasteiger partial charge in [0.05, 0.1) is 7.11 Å². The summed E-state index contributed by atoms with van der Waals surface area (Å²) in [4.78, 5) is 11.7. The first-order chi connectivity index (χ1) is 8.24. The summed E-state index contributed by atoms with van der Waals surface area (Å²) < 4.78 is 4.84. The topological polar surface area (TPSA) is 38.3 Å². The molecule has 1 atom stereocenters. The predicted octanol–water partition coefficient (Wildman–Crippen LogP) is 2.61. The van der Waals surface area contributed by atoms with Crippen LogP contribution in [0.25, 0.3) is 0 Å². The van der Waals surface area contributed by atoms with E-state index in [1.807, 2.05) is 12.1 Å². The lowest BCUT2D eigenvalue weighted by Crippen LogP contribution is -2.32. The van der Waals surface area contributed by atoms with Gasteiger partial charge in [-0.1, -0.05) is 19.1 Å². The summed E-state index contributed by atoms with van der Waals surface area (Å²) in [6.45, 7) is 2.12. The van der Waals surface area contributed by atoms with Crippen molar-refractivity contribution < 1.29 is 9.53 Å². The Balaban J connectivity index is 2.08. The molecule has 3 heteroatoms. The third-order valence-electron chi connectivity index (χ3n) is 3.21. The number of nitrogens with one attached hydrogen (secondary N) is 1. The van der Waals surface area contributed by atoms with Crippen LogP contribution >= 0.6 is 0 Å². The van der Waals surface area contributed by atoms with Crippen LogP contribution in [0, 0.1) is 5.92 Å². The largest absolute Gasteiger partial charge is 0.467 e. The summed E-state index contributed by atoms with van der Waals surface area (Å²) in [5, 5.41) is 3.29. The zero-order chi connectivity index (χ0) is 12.3. The maximum Gasteiger partial charge on any atom is 0.328 e. The molecule has 0 aliphatic heterocycles. The maximum atomic E-state index is 11.7. The van der Waals surface area contributed by atoms with Crippen LogP contribution in [0.2, 0.25) is 0 Å². The van der Waals surface area contributed by atoms with Crippen LogP contribution in [0.3, 0.4) is 0 Å². The molecule has 1 aromatic rings. The predicted molar refractivity (Wildman–Crippen MR) is 68.0 cm³/mol. The molecule has 0 amide bonds. The molecule has 1 saturated carbocycles. The van der Waals surface area contributed by atoms with Crippen molar-refractivity contribution in [1.29, 1.82) is 0 Å². The summed E-state index contributed by atoms with van der Waals surface area (Å²) in [5.41, 5.74) is 2.28. The van der Waals surface area contributed by atoms with Gasteiger partial charge in [0.2, 0.25) is 0 Å². The second-order valence-corrected chi connectivity index (χ2v) is 4.54. The lowest BCUT2D eigenvalue weighted by molar-refractivity contribution is -0.142. The average Bonchev–Trinajstić information content (AvgIpc) is 3.19. The van der Waals surface area contributed by atoms with Gasteiger partial charge in [0.15, 0.2) is 0 Å². The van der Waals surface area contributed by atoms with Gasteiger partial charge >= 0.3 is 5.97 Å². The van der Waals surface area contributed by atoms with Crippen molar-refractivity contribution >= 4 is 11.7 Å². The van der Waals surface area contributed by atoms with Crippen molar-refractivity contribution in [1.82, 2.24) is 0 Å². The Kier molecular flexibility index (Phi) is 3.67. The second kappa shape index (κ2) is 5.21. The molecular weight excluding hydrogens is 214 g/mol. The fourth-order valence-corrected chi connectivity index (χ4v) is 1.99. The fourth-order valence-electron chi connectivity index (χ4n) is 1.99. The SMILES string of the molecule is CCc1cccc(NC(C(=O)OC)C2CC2)c1. The van der Waals surface area contributed by atoms with Crippen molar-refractivity contribution in [2.45, 2.75) is 32.2 Å². The molecule has 1 fully saturated rings. The summed E-state index contributed by atoms with van der Waals surface area (Å²) in [5.74, 6) is 0.280. The second-order valence-electron chi connectivity index (χ2n) is 4.54. The summed E-state index contributed by atoms with van der Waals surface area (Å²) >= 11 is 0. The quantitative estimate of drug-likeness (QED) is 0.794. The molecule has 1 aliphatic carbocycles. The van der Waals surface area contributed by atoms with E-state index >= 15 is 0 Å². The summed E-state index contributed by atoms with van der Waals surface area (Å²) in [6.07, 6.45) is 3.22. The number of carbonyl (C=O) groups is 1. The van der Waals surface area contributed by atoms with Crippen molar-refractivity contribution in [3.63, 3.8) is 0 Å². The van der Waals surface area contributed by atoms with Gasteiger partial charge in [-0.05, 0) is 42.9 Å². The van der Waals surface area contributed by atoms with E-state index in [2.05, 4.69) is 24.4 Å². The van der Waals surface area contributed by atoms with Crippen LogP contribution in [0.1, 0.15) is 25.3 Å². The Morgan fingerprint density at radius 3 is 2.88 bits per heavy atom. The van der Waals surface area contributed by atoms with Gasteiger partial charge in [0.1, 0.15) is 6.04 Å². The lowest BCUT2D eigenvalue weighted by Gasteiger charge is -2.17. The van der Waals surface area contributed by atoms with E-state index in [0.29, 0.717) is 5.92 Å². The van der Waals surface area contributed by atoms with E-state index in [1.54, 1.807) is 0 Å². The van der Waals surface area contributed by atoms with Crippen LogP contribution in [-0.4, -0.2) is 19.1 Å². The van der Waals surface area contributed by atoms with Crippen LogP contribution in [0.4, 0.5) is 5.69 Å². The molecular formula is C14H19NO2. The maximum absolute atomic E-state index is 11.7. The highest BCUT2D eigenvalue weighted by molar-refractivity contribution is 5.80. The van der Waals surface area contributed by atoms with Gasteiger partial charge in [-0.3, -0.25) is 0 Å². The van der Waals surface area contributed by atoms with E-state index in [1.165, 1.54) is 12.7 Å². The van der Waals surface area contributed by atoms with Gasteiger partial charge in [0.25, 0.3) is 0 Å². The monoisotopic (exact) mass is 233 g/mol. The van der Waals surface area contributed by atoms with Gasteiger partial charge in [-0.25, -0.2) is 4.79 Å². The summed E-state index contributed by atoms with van der Waals surface area (Å²) in [7, 11) is 1.45. The van der Waals surface area contributed by atoms with Crippen LogP contribution < -0.4 is 5.32 Å². The number of benzene rings is 1. The number of ether oxygens (including phenoxy) is 1. The van der Waals surface area contributed by atoms with E-state index in [9.17, 15) is 4.79 Å². The lowest BCUT2D eigenvalue weighted by atomic mass is 10.1. The minimum atomic E-state index is -0.188. The number of hydrogen-bond donors (Lipinski definition) is 1. The van der Waals surface area contributed by atoms with Crippen molar-refractivity contribution in [2.75, 3.05) is 12.4 Å². The van der Waals surface area contributed by atoms with Gasteiger partial charge in [-0.15, -0.1) is 0 Å². The summed E-state index contributed by atoms with van der Waals surface area (Å²) in [6, 6.07) is 8.01. The number of methoxy groups -OCH3 is 1. The molecule has 0 saturated heterocycles. The molecule has 0 bridgehead atoms. The van der Waals surface area contributed by atoms with Crippen molar-refractivity contribution in [3.8, 4) is 0 Å². The van der Waals surface area contributed by atoms with Crippen molar-refractivity contribution in [3.05, 3.63) is 29.8 Å². The van der Waals surface area contributed by atoms with Crippen LogP contribution in [0.5, 0.6) is 0 Å². The first kappa shape index (κ1) is 12.0. The number of carbonyl (C=O) groups excluding carboxylic acids is 1. The number of anilines is 1. The molecule has 0 heterocycles. The average molecular weight is 233 g/mol. The Morgan fingerprint density at radius 1 is 1.53 bits per heavy atom. The molecule has 1 unspecified atom stereocenters. The first-order valence-electron chi connectivity index (χ1n) is 6.18. The Morgan fingerprint density at radius 2 is 2.29 bits per heavy atom. The number of aryl methyl sites for hydroxylation is 1. The Labute approximate surface area is 102 Å². The zero-order valence-electron chi connectivity index (χ0n) is 10.4.